The lowest BCUT2D eigenvalue weighted by molar-refractivity contribution is 0.0708. The van der Waals surface area contributed by atoms with Gasteiger partial charge in [0.2, 0.25) is 0 Å². The number of rotatable bonds is 5. The van der Waals surface area contributed by atoms with Crippen molar-refractivity contribution in [2.24, 2.45) is 0 Å². The number of carbonyl (C=O) groups excluding carboxylic acids is 1. The fraction of sp³-hybridized carbons (Fsp3) is 0.333. The lowest BCUT2D eigenvalue weighted by Crippen LogP contribution is -2.41. The van der Waals surface area contributed by atoms with E-state index in [4.69, 9.17) is 0 Å². The quantitative estimate of drug-likeness (QED) is 0.842. The number of halogens is 2. The van der Waals surface area contributed by atoms with Crippen LogP contribution in [-0.2, 0) is 9.84 Å². The molecule has 1 saturated heterocycles. The summed E-state index contributed by atoms with van der Waals surface area (Å²) in [5.74, 6) is -1.52. The average Bonchev–Trinajstić information content (AvgIpc) is 2.98. The summed E-state index contributed by atoms with van der Waals surface area (Å²) >= 11 is 0. The van der Waals surface area contributed by atoms with Gasteiger partial charge >= 0.3 is 0 Å². The average molecular weight is 395 g/mol. The van der Waals surface area contributed by atoms with Crippen molar-refractivity contribution in [2.75, 3.05) is 23.4 Å². The largest absolute Gasteiger partial charge is 0.338 e. The van der Waals surface area contributed by atoms with Crippen LogP contribution in [0.2, 0.25) is 0 Å². The van der Waals surface area contributed by atoms with Gasteiger partial charge in [0, 0.05) is 30.4 Å². The van der Waals surface area contributed by atoms with Crippen LogP contribution in [0.15, 0.2) is 36.5 Å². The number of aromatic nitrogens is 1. The number of benzene rings is 1. The molecule has 1 amide bonds. The van der Waals surface area contributed by atoms with E-state index in [1.807, 2.05) is 0 Å². The molecule has 0 aliphatic carbocycles. The van der Waals surface area contributed by atoms with Gasteiger partial charge in [-0.25, -0.2) is 22.2 Å². The van der Waals surface area contributed by atoms with Crippen molar-refractivity contribution in [3.63, 3.8) is 0 Å². The van der Waals surface area contributed by atoms with Gasteiger partial charge in [-0.15, -0.1) is 0 Å². The van der Waals surface area contributed by atoms with E-state index in [-0.39, 0.29) is 35.0 Å². The lowest BCUT2D eigenvalue weighted by Gasteiger charge is -2.27. The van der Waals surface area contributed by atoms with Crippen LogP contribution in [0.25, 0.3) is 0 Å². The summed E-state index contributed by atoms with van der Waals surface area (Å²) in [7, 11) is -3.11. The highest BCUT2D eigenvalue weighted by Crippen LogP contribution is 2.23. The van der Waals surface area contributed by atoms with Gasteiger partial charge in [0.15, 0.2) is 9.84 Å². The Labute approximate surface area is 156 Å². The van der Waals surface area contributed by atoms with Crippen LogP contribution >= 0.6 is 0 Å². The maximum atomic E-state index is 13.8. The van der Waals surface area contributed by atoms with Gasteiger partial charge in [0.05, 0.1) is 17.2 Å². The topological polar surface area (TPSA) is 79.4 Å². The molecule has 27 heavy (non-hydrogen) atoms. The molecule has 0 bridgehead atoms. The molecule has 0 saturated carbocycles. The van der Waals surface area contributed by atoms with Crippen LogP contribution in [0.3, 0.4) is 0 Å². The zero-order valence-corrected chi connectivity index (χ0v) is 15.5. The minimum atomic E-state index is -3.11. The summed E-state index contributed by atoms with van der Waals surface area (Å²) in [5.41, 5.74) is 0.337. The fourth-order valence-electron chi connectivity index (χ4n) is 3.12. The second kappa shape index (κ2) is 7.59. The van der Waals surface area contributed by atoms with Crippen LogP contribution in [-0.4, -0.2) is 48.3 Å². The van der Waals surface area contributed by atoms with E-state index in [1.165, 1.54) is 29.3 Å². The van der Waals surface area contributed by atoms with E-state index >= 15 is 0 Å². The number of pyridine rings is 1. The zero-order valence-electron chi connectivity index (χ0n) is 14.7. The predicted octanol–water partition coefficient (Wildman–Crippen LogP) is 2.75. The van der Waals surface area contributed by atoms with Crippen LogP contribution < -0.4 is 5.32 Å². The van der Waals surface area contributed by atoms with Gasteiger partial charge in [-0.1, -0.05) is 0 Å². The first-order valence-corrected chi connectivity index (χ1v) is 10.3. The molecule has 1 atom stereocenters. The highest BCUT2D eigenvalue weighted by atomic mass is 32.2. The molecule has 1 unspecified atom stereocenters. The van der Waals surface area contributed by atoms with Crippen LogP contribution in [0.1, 0.15) is 23.7 Å². The maximum absolute atomic E-state index is 13.8. The summed E-state index contributed by atoms with van der Waals surface area (Å²) in [6.45, 7) is 2.16. The summed E-state index contributed by atoms with van der Waals surface area (Å²) in [5, 5.41) is 2.71. The van der Waals surface area contributed by atoms with E-state index < -0.39 is 21.5 Å². The minimum Gasteiger partial charge on any atom is -0.338 e. The smallest absolute Gasteiger partial charge is 0.254 e. The van der Waals surface area contributed by atoms with E-state index in [9.17, 15) is 22.0 Å². The molecular formula is C18H19F2N3O3S. The number of hydrogen-bond donors (Lipinski definition) is 1. The number of carbonyl (C=O) groups is 1. The Morgan fingerprint density at radius 3 is 2.70 bits per heavy atom. The Kier molecular flexibility index (Phi) is 5.41. The van der Waals surface area contributed by atoms with E-state index in [2.05, 4.69) is 10.3 Å². The summed E-state index contributed by atoms with van der Waals surface area (Å²) < 4.78 is 50.2. The van der Waals surface area contributed by atoms with Crippen molar-refractivity contribution in [1.29, 1.82) is 0 Å². The number of hydrogen-bond acceptors (Lipinski definition) is 5. The Morgan fingerprint density at radius 2 is 2.07 bits per heavy atom. The third-order valence-corrected chi connectivity index (χ3v) is 6.20. The number of sulfone groups is 1. The summed E-state index contributed by atoms with van der Waals surface area (Å²) in [4.78, 5) is 18.4. The molecule has 1 aromatic heterocycles. The first-order valence-electron chi connectivity index (χ1n) is 8.48. The second-order valence-electron chi connectivity index (χ2n) is 6.33. The van der Waals surface area contributed by atoms with Crippen molar-refractivity contribution in [3.05, 3.63) is 53.7 Å². The summed E-state index contributed by atoms with van der Waals surface area (Å²) in [6, 6.07) is 5.71. The van der Waals surface area contributed by atoms with E-state index in [1.54, 1.807) is 6.92 Å². The van der Waals surface area contributed by atoms with E-state index in [0.717, 1.165) is 12.1 Å². The highest BCUT2D eigenvalue weighted by molar-refractivity contribution is 7.91. The monoisotopic (exact) mass is 395 g/mol. The molecule has 1 fully saturated rings. The molecule has 1 aromatic carbocycles. The molecule has 1 aliphatic rings. The third kappa shape index (κ3) is 4.41. The Morgan fingerprint density at radius 1 is 1.30 bits per heavy atom. The van der Waals surface area contributed by atoms with Crippen molar-refractivity contribution in [2.45, 2.75) is 19.4 Å². The molecule has 1 aliphatic heterocycles. The maximum Gasteiger partial charge on any atom is 0.254 e. The van der Waals surface area contributed by atoms with Gasteiger partial charge in [0.1, 0.15) is 17.5 Å². The van der Waals surface area contributed by atoms with Crippen LogP contribution in [0.4, 0.5) is 20.3 Å². The number of nitrogens with zero attached hydrogens (tertiary/aromatic N) is 2. The molecule has 6 nitrogen and oxygen atoms in total. The standard InChI is InChI=1S/C18H19F2N3O3S/c1-2-23(14-6-8-27(25,26)11-14)18(24)12-5-7-21-17(9-12)22-16-4-3-13(19)10-15(16)20/h3-5,7,9-10,14H,2,6,8,11H2,1H3,(H,21,22). The molecule has 1 N–H and O–H groups in total. The van der Waals surface area contributed by atoms with Crippen molar-refractivity contribution in [3.8, 4) is 0 Å². The fourth-order valence-corrected chi connectivity index (χ4v) is 4.85. The van der Waals surface area contributed by atoms with E-state index in [0.29, 0.717) is 18.5 Å². The van der Waals surface area contributed by atoms with Gasteiger partial charge in [0.25, 0.3) is 5.91 Å². The SMILES string of the molecule is CCN(C(=O)c1ccnc(Nc2ccc(F)cc2F)c1)C1CCS(=O)(=O)C1. The van der Waals surface area contributed by atoms with Gasteiger partial charge < -0.3 is 10.2 Å². The van der Waals surface area contributed by atoms with Gasteiger partial charge in [-0.05, 0) is 37.6 Å². The van der Waals surface area contributed by atoms with Crippen LogP contribution in [0, 0.1) is 11.6 Å². The first-order chi connectivity index (χ1) is 12.8. The van der Waals surface area contributed by atoms with Crippen molar-refractivity contribution >= 4 is 27.2 Å². The predicted molar refractivity (Wildman–Crippen MR) is 97.6 cm³/mol. The Balaban J connectivity index is 1.80. The molecule has 0 spiro atoms. The van der Waals surface area contributed by atoms with Crippen molar-refractivity contribution in [1.82, 2.24) is 9.88 Å². The lowest BCUT2D eigenvalue weighted by atomic mass is 10.1. The van der Waals surface area contributed by atoms with Crippen LogP contribution in [0.5, 0.6) is 0 Å². The summed E-state index contributed by atoms with van der Waals surface area (Å²) in [6.07, 6.45) is 1.81. The third-order valence-electron chi connectivity index (χ3n) is 4.45. The zero-order chi connectivity index (χ0) is 19.6. The molecule has 3 rings (SSSR count). The molecule has 2 heterocycles. The molecular weight excluding hydrogens is 376 g/mol. The number of anilines is 2. The number of nitrogens with one attached hydrogen (secondary N) is 1. The van der Waals surface area contributed by atoms with Gasteiger partial charge in [-0.3, -0.25) is 4.79 Å². The minimum absolute atomic E-state index is 0.0303. The van der Waals surface area contributed by atoms with Gasteiger partial charge in [-0.2, -0.15) is 0 Å². The molecule has 9 heteroatoms. The molecule has 2 aromatic rings. The first kappa shape index (κ1) is 19.2. The Hall–Kier alpha value is -2.55. The van der Waals surface area contributed by atoms with Crippen molar-refractivity contribution < 1.29 is 22.0 Å². The molecule has 144 valence electrons. The molecule has 0 radical (unpaired) electrons. The second-order valence-corrected chi connectivity index (χ2v) is 8.56. The Bertz CT molecular complexity index is 966. The number of amides is 1. The highest BCUT2D eigenvalue weighted by Gasteiger charge is 2.34. The normalized spacial score (nSPS) is 18.3.